The molecule has 154 valence electrons. The van der Waals surface area contributed by atoms with E-state index in [0.29, 0.717) is 18.0 Å². The van der Waals surface area contributed by atoms with E-state index in [0.717, 1.165) is 48.8 Å². The molecule has 3 rings (SSSR count). The van der Waals surface area contributed by atoms with Crippen LogP contribution in [0.25, 0.3) is 17.3 Å². The molecule has 0 unspecified atom stereocenters. The average molecular weight is 413 g/mol. The van der Waals surface area contributed by atoms with Crippen molar-refractivity contribution in [2.45, 2.75) is 51.1 Å². The summed E-state index contributed by atoms with van der Waals surface area (Å²) in [7, 11) is 0. The van der Waals surface area contributed by atoms with E-state index in [2.05, 4.69) is 41.5 Å². The van der Waals surface area contributed by atoms with Gasteiger partial charge in [-0.05, 0) is 56.0 Å². The van der Waals surface area contributed by atoms with Crippen LogP contribution < -0.4 is 5.32 Å². The largest absolute Gasteiger partial charge is 0.461 e. The molecule has 0 fully saturated rings. The highest BCUT2D eigenvalue weighted by atomic mass is 32.2. The number of benzene rings is 1. The molecule has 1 amide bonds. The number of nitrogens with one attached hydrogen (secondary N) is 1. The van der Waals surface area contributed by atoms with Gasteiger partial charge in [0.15, 0.2) is 10.9 Å². The summed E-state index contributed by atoms with van der Waals surface area (Å²) in [6, 6.07) is 12.0. The molecule has 7 heteroatoms. The highest BCUT2D eigenvalue weighted by Crippen LogP contribution is 2.29. The van der Waals surface area contributed by atoms with Crippen LogP contribution in [-0.2, 0) is 4.79 Å². The lowest BCUT2D eigenvalue weighted by atomic mass is 10.2. The van der Waals surface area contributed by atoms with Crippen LogP contribution in [0.2, 0.25) is 0 Å². The molecule has 0 saturated carbocycles. The lowest BCUT2D eigenvalue weighted by Gasteiger charge is -2.10. The Labute approximate surface area is 176 Å². The molecule has 0 bridgehead atoms. The molecule has 2 aromatic heterocycles. The van der Waals surface area contributed by atoms with Gasteiger partial charge in [0.25, 0.3) is 0 Å². The minimum absolute atomic E-state index is 0.145. The summed E-state index contributed by atoms with van der Waals surface area (Å²) >= 11 is 1.65. The first-order valence-electron chi connectivity index (χ1n) is 10.1. The van der Waals surface area contributed by atoms with Crippen LogP contribution in [0.15, 0.2) is 52.2 Å². The molecule has 2 heterocycles. The summed E-state index contributed by atoms with van der Waals surface area (Å²) in [5, 5.41) is 12.6. The maximum Gasteiger partial charge on any atom is 0.219 e. The number of aromatic nitrogens is 3. The zero-order valence-corrected chi connectivity index (χ0v) is 17.9. The summed E-state index contributed by atoms with van der Waals surface area (Å²) in [6.45, 7) is 4.97. The molecule has 6 nitrogen and oxygen atoms in total. The van der Waals surface area contributed by atoms with Crippen LogP contribution in [0.1, 0.15) is 44.6 Å². The number of amides is 1. The molecule has 3 aromatic rings. The second-order valence-corrected chi connectivity index (χ2v) is 8.03. The van der Waals surface area contributed by atoms with Crippen molar-refractivity contribution in [1.82, 2.24) is 20.1 Å². The number of rotatable bonds is 11. The van der Waals surface area contributed by atoms with Gasteiger partial charge in [0.1, 0.15) is 0 Å². The quantitative estimate of drug-likeness (QED) is 0.354. The molecular weight excluding hydrogens is 384 g/mol. The first-order chi connectivity index (χ1) is 14.2. The number of hydrogen-bond donors (Lipinski definition) is 1. The molecule has 0 aliphatic rings. The van der Waals surface area contributed by atoms with Gasteiger partial charge in [-0.15, -0.1) is 10.2 Å². The third kappa shape index (κ3) is 5.97. The van der Waals surface area contributed by atoms with Crippen LogP contribution in [0.5, 0.6) is 0 Å². The van der Waals surface area contributed by atoms with Gasteiger partial charge in [0, 0.05) is 18.7 Å². The number of carbonyl (C=O) groups is 1. The van der Waals surface area contributed by atoms with E-state index in [9.17, 15) is 4.79 Å². The summed E-state index contributed by atoms with van der Waals surface area (Å²) in [6.07, 6.45) is 6.17. The predicted octanol–water partition coefficient (Wildman–Crippen LogP) is 5.01. The normalized spacial score (nSPS) is 11.0. The van der Waals surface area contributed by atoms with Gasteiger partial charge >= 0.3 is 0 Å². The van der Waals surface area contributed by atoms with E-state index in [1.54, 1.807) is 18.0 Å². The zero-order chi connectivity index (χ0) is 20.5. The smallest absolute Gasteiger partial charge is 0.219 e. The molecule has 29 heavy (non-hydrogen) atoms. The van der Waals surface area contributed by atoms with Crippen LogP contribution in [0.4, 0.5) is 0 Å². The minimum Gasteiger partial charge on any atom is -0.461 e. The van der Waals surface area contributed by atoms with Gasteiger partial charge < -0.3 is 9.73 Å². The van der Waals surface area contributed by atoms with Gasteiger partial charge in [0.2, 0.25) is 11.7 Å². The summed E-state index contributed by atoms with van der Waals surface area (Å²) in [5.41, 5.74) is 2.19. The van der Waals surface area contributed by atoms with Crippen LogP contribution >= 0.6 is 11.8 Å². The van der Waals surface area contributed by atoms with Crippen molar-refractivity contribution < 1.29 is 9.21 Å². The summed E-state index contributed by atoms with van der Waals surface area (Å²) in [4.78, 5) is 11.8. The lowest BCUT2D eigenvalue weighted by molar-refractivity contribution is -0.121. The highest BCUT2D eigenvalue weighted by molar-refractivity contribution is 7.99. The average Bonchev–Trinajstić information content (AvgIpc) is 3.37. The lowest BCUT2D eigenvalue weighted by Crippen LogP contribution is -2.23. The molecule has 0 atom stereocenters. The van der Waals surface area contributed by atoms with Crippen LogP contribution in [0, 0.1) is 6.92 Å². The van der Waals surface area contributed by atoms with E-state index in [1.807, 2.05) is 28.8 Å². The maximum atomic E-state index is 11.8. The Morgan fingerprint density at radius 1 is 1.17 bits per heavy atom. The van der Waals surface area contributed by atoms with Crippen molar-refractivity contribution in [3.05, 3.63) is 48.2 Å². The van der Waals surface area contributed by atoms with E-state index in [-0.39, 0.29) is 5.91 Å². The first kappa shape index (κ1) is 21.2. The number of hydrogen-bond acceptors (Lipinski definition) is 5. The standard InChI is InChI=1S/C22H28N4O2S/c1-3-4-13-23-20(27)12-5-6-15-29-22-25-24-21(19-11-8-14-28-19)26(22)18-10-7-9-17(2)16-18/h7-11,14,16H,3-6,12-13,15H2,1-2H3,(H,23,27). The van der Waals surface area contributed by atoms with E-state index in [4.69, 9.17) is 4.42 Å². The van der Waals surface area contributed by atoms with Gasteiger partial charge in [0.05, 0.1) is 12.0 Å². The highest BCUT2D eigenvalue weighted by Gasteiger charge is 2.18. The second kappa shape index (κ2) is 10.9. The van der Waals surface area contributed by atoms with Gasteiger partial charge in [-0.2, -0.15) is 0 Å². The fraction of sp³-hybridized carbons (Fsp3) is 0.409. The fourth-order valence-electron chi connectivity index (χ4n) is 2.97. The molecule has 0 radical (unpaired) electrons. The third-order valence-corrected chi connectivity index (χ3v) is 5.53. The summed E-state index contributed by atoms with van der Waals surface area (Å²) < 4.78 is 7.59. The molecular formula is C22H28N4O2S. The molecule has 0 spiro atoms. The van der Waals surface area contributed by atoms with Crippen LogP contribution in [0.3, 0.4) is 0 Å². The Morgan fingerprint density at radius 3 is 2.83 bits per heavy atom. The van der Waals surface area contributed by atoms with E-state index >= 15 is 0 Å². The van der Waals surface area contributed by atoms with Gasteiger partial charge in [-0.25, -0.2) is 0 Å². The molecule has 0 aliphatic carbocycles. The number of carbonyl (C=O) groups excluding carboxylic acids is 1. The van der Waals surface area contributed by atoms with Crippen LogP contribution in [-0.4, -0.2) is 33.0 Å². The van der Waals surface area contributed by atoms with Crippen molar-refractivity contribution in [3.8, 4) is 17.3 Å². The van der Waals surface area contributed by atoms with E-state index < -0.39 is 0 Å². The molecule has 1 N–H and O–H groups in total. The topological polar surface area (TPSA) is 73.0 Å². The number of aryl methyl sites for hydroxylation is 1. The van der Waals surface area contributed by atoms with Crippen molar-refractivity contribution in [2.24, 2.45) is 0 Å². The SMILES string of the molecule is CCCCNC(=O)CCCCSc1nnc(-c2ccco2)n1-c1cccc(C)c1. The number of furan rings is 1. The number of unbranched alkanes of at least 4 members (excludes halogenated alkanes) is 2. The molecule has 0 saturated heterocycles. The number of nitrogens with zero attached hydrogens (tertiary/aromatic N) is 3. The Hall–Kier alpha value is -2.54. The van der Waals surface area contributed by atoms with Crippen molar-refractivity contribution >= 4 is 17.7 Å². The Morgan fingerprint density at radius 2 is 2.07 bits per heavy atom. The Bertz CT molecular complexity index is 905. The van der Waals surface area contributed by atoms with Crippen molar-refractivity contribution in [1.29, 1.82) is 0 Å². The molecule has 1 aromatic carbocycles. The Balaban J connectivity index is 1.62. The Kier molecular flexibility index (Phi) is 7.93. The second-order valence-electron chi connectivity index (χ2n) is 6.97. The predicted molar refractivity (Wildman–Crippen MR) is 116 cm³/mol. The van der Waals surface area contributed by atoms with E-state index in [1.165, 1.54) is 5.56 Å². The van der Waals surface area contributed by atoms with Gasteiger partial charge in [-0.3, -0.25) is 9.36 Å². The zero-order valence-electron chi connectivity index (χ0n) is 17.1. The first-order valence-corrected chi connectivity index (χ1v) is 11.1. The molecule has 0 aliphatic heterocycles. The van der Waals surface area contributed by atoms with Gasteiger partial charge in [-0.1, -0.05) is 37.2 Å². The summed E-state index contributed by atoms with van der Waals surface area (Å²) in [5.74, 6) is 2.41. The number of thioether (sulfide) groups is 1. The van der Waals surface area contributed by atoms with Crippen molar-refractivity contribution in [2.75, 3.05) is 12.3 Å². The fourth-order valence-corrected chi connectivity index (χ4v) is 3.92. The third-order valence-electron chi connectivity index (χ3n) is 4.52. The maximum absolute atomic E-state index is 11.8. The van der Waals surface area contributed by atoms with Crippen molar-refractivity contribution in [3.63, 3.8) is 0 Å². The minimum atomic E-state index is 0.145. The monoisotopic (exact) mass is 412 g/mol.